The lowest BCUT2D eigenvalue weighted by Gasteiger charge is -2.02. The predicted molar refractivity (Wildman–Crippen MR) is 88.2 cm³/mol. The van der Waals surface area contributed by atoms with Crippen molar-refractivity contribution in [2.75, 3.05) is 13.7 Å². The summed E-state index contributed by atoms with van der Waals surface area (Å²) in [6.45, 7) is 0.589. The maximum Gasteiger partial charge on any atom is 0.138 e. The molecule has 3 aromatic rings. The zero-order valence-corrected chi connectivity index (χ0v) is 12.7. The minimum absolute atomic E-state index is 0. The lowest BCUT2D eigenvalue weighted by Crippen LogP contribution is -2.03. The molecular formula is C17H18ClNO2. The molecule has 2 aromatic carbocycles. The first-order valence-electron chi connectivity index (χ1n) is 6.68. The van der Waals surface area contributed by atoms with Crippen LogP contribution in [0, 0.1) is 0 Å². The van der Waals surface area contributed by atoms with Crippen LogP contribution in [0.4, 0.5) is 0 Å². The Kier molecular flexibility index (Phi) is 4.89. The molecule has 0 aliphatic heterocycles. The monoisotopic (exact) mass is 303 g/mol. The van der Waals surface area contributed by atoms with E-state index in [1.807, 2.05) is 36.4 Å². The molecule has 21 heavy (non-hydrogen) atoms. The number of rotatable bonds is 4. The molecule has 3 nitrogen and oxygen atoms in total. The lowest BCUT2D eigenvalue weighted by molar-refractivity contribution is 0.415. The molecule has 1 aromatic heterocycles. The molecule has 0 spiro atoms. The number of hydrogen-bond acceptors (Lipinski definition) is 3. The number of benzene rings is 2. The zero-order valence-electron chi connectivity index (χ0n) is 11.8. The van der Waals surface area contributed by atoms with Gasteiger partial charge < -0.3 is 14.9 Å². The van der Waals surface area contributed by atoms with Gasteiger partial charge >= 0.3 is 0 Å². The molecule has 0 saturated heterocycles. The lowest BCUT2D eigenvalue weighted by atomic mass is 10.0. The van der Waals surface area contributed by atoms with Crippen LogP contribution in [0.25, 0.3) is 22.3 Å². The maximum absolute atomic E-state index is 6.03. The maximum atomic E-state index is 6.03. The molecule has 3 rings (SSSR count). The summed E-state index contributed by atoms with van der Waals surface area (Å²) >= 11 is 0. The summed E-state index contributed by atoms with van der Waals surface area (Å²) in [6.07, 6.45) is 0.782. The van der Waals surface area contributed by atoms with E-state index in [-0.39, 0.29) is 12.4 Å². The van der Waals surface area contributed by atoms with Gasteiger partial charge in [0.25, 0.3) is 0 Å². The quantitative estimate of drug-likeness (QED) is 0.791. The minimum atomic E-state index is 0. The summed E-state index contributed by atoms with van der Waals surface area (Å²) < 4.78 is 11.3. The Morgan fingerprint density at radius 1 is 1.10 bits per heavy atom. The molecule has 0 aliphatic carbocycles. The second-order valence-electron chi connectivity index (χ2n) is 4.68. The Hall–Kier alpha value is -1.97. The second-order valence-corrected chi connectivity index (χ2v) is 4.68. The third kappa shape index (κ3) is 2.89. The van der Waals surface area contributed by atoms with E-state index in [0.717, 1.165) is 40.0 Å². The van der Waals surface area contributed by atoms with Crippen molar-refractivity contribution < 1.29 is 9.15 Å². The number of methoxy groups -OCH3 is 1. The van der Waals surface area contributed by atoms with Crippen LogP contribution in [0.1, 0.15) is 5.56 Å². The average Bonchev–Trinajstić information content (AvgIpc) is 2.86. The number of halogens is 1. The Bertz CT molecular complexity index is 722. The van der Waals surface area contributed by atoms with Gasteiger partial charge in [-0.3, -0.25) is 0 Å². The fourth-order valence-electron chi connectivity index (χ4n) is 2.47. The smallest absolute Gasteiger partial charge is 0.138 e. The molecule has 4 heteroatoms. The Morgan fingerprint density at radius 3 is 2.52 bits per heavy atom. The summed E-state index contributed by atoms with van der Waals surface area (Å²) in [5.41, 5.74) is 8.85. The van der Waals surface area contributed by atoms with Crippen LogP contribution in [0.3, 0.4) is 0 Å². The SMILES string of the molecule is COc1ccc2oc(-c3ccccc3)c(CCN)c2c1.Cl. The van der Waals surface area contributed by atoms with Crippen LogP contribution >= 0.6 is 12.4 Å². The van der Waals surface area contributed by atoms with E-state index >= 15 is 0 Å². The molecule has 0 saturated carbocycles. The van der Waals surface area contributed by atoms with E-state index in [1.54, 1.807) is 7.11 Å². The van der Waals surface area contributed by atoms with Crippen LogP contribution in [-0.2, 0) is 6.42 Å². The molecule has 1 heterocycles. The highest BCUT2D eigenvalue weighted by Crippen LogP contribution is 2.35. The summed E-state index contributed by atoms with van der Waals surface area (Å²) in [7, 11) is 1.67. The van der Waals surface area contributed by atoms with Crippen molar-refractivity contribution in [3.8, 4) is 17.1 Å². The highest BCUT2D eigenvalue weighted by atomic mass is 35.5. The van der Waals surface area contributed by atoms with Gasteiger partial charge in [0.2, 0.25) is 0 Å². The van der Waals surface area contributed by atoms with Crippen molar-refractivity contribution in [2.24, 2.45) is 5.73 Å². The highest BCUT2D eigenvalue weighted by molar-refractivity contribution is 5.89. The van der Waals surface area contributed by atoms with Gasteiger partial charge in [-0.15, -0.1) is 12.4 Å². The molecule has 0 amide bonds. The molecule has 2 N–H and O–H groups in total. The van der Waals surface area contributed by atoms with Gasteiger partial charge in [-0.25, -0.2) is 0 Å². The van der Waals surface area contributed by atoms with Crippen molar-refractivity contribution in [1.29, 1.82) is 0 Å². The Morgan fingerprint density at radius 2 is 1.86 bits per heavy atom. The van der Waals surface area contributed by atoms with Crippen molar-refractivity contribution >= 4 is 23.4 Å². The third-order valence-electron chi connectivity index (χ3n) is 3.43. The van der Waals surface area contributed by atoms with Crippen molar-refractivity contribution in [1.82, 2.24) is 0 Å². The number of ether oxygens (including phenoxy) is 1. The van der Waals surface area contributed by atoms with Gasteiger partial charge in [-0.2, -0.15) is 0 Å². The number of fused-ring (bicyclic) bond motifs is 1. The van der Waals surface area contributed by atoms with Gasteiger partial charge in [-0.1, -0.05) is 30.3 Å². The third-order valence-corrected chi connectivity index (χ3v) is 3.43. The van der Waals surface area contributed by atoms with Crippen LogP contribution in [-0.4, -0.2) is 13.7 Å². The molecular weight excluding hydrogens is 286 g/mol. The summed E-state index contributed by atoms with van der Waals surface area (Å²) in [5, 5.41) is 1.08. The first-order chi connectivity index (χ1) is 9.83. The number of furan rings is 1. The van der Waals surface area contributed by atoms with Crippen LogP contribution in [0.5, 0.6) is 5.75 Å². The Labute approximate surface area is 130 Å². The Balaban J connectivity index is 0.00000161. The molecule has 0 radical (unpaired) electrons. The fourth-order valence-corrected chi connectivity index (χ4v) is 2.47. The van der Waals surface area contributed by atoms with Gasteiger partial charge in [0.15, 0.2) is 0 Å². The highest BCUT2D eigenvalue weighted by Gasteiger charge is 2.15. The van der Waals surface area contributed by atoms with E-state index in [4.69, 9.17) is 14.9 Å². The topological polar surface area (TPSA) is 48.4 Å². The van der Waals surface area contributed by atoms with E-state index in [1.165, 1.54) is 0 Å². The van der Waals surface area contributed by atoms with Crippen LogP contribution in [0.2, 0.25) is 0 Å². The number of hydrogen-bond donors (Lipinski definition) is 1. The molecule has 0 bridgehead atoms. The van der Waals surface area contributed by atoms with Gasteiger partial charge in [0.1, 0.15) is 17.1 Å². The molecule has 110 valence electrons. The average molecular weight is 304 g/mol. The fraction of sp³-hybridized carbons (Fsp3) is 0.176. The van der Waals surface area contributed by atoms with Crippen molar-refractivity contribution in [2.45, 2.75) is 6.42 Å². The summed E-state index contributed by atoms with van der Waals surface area (Å²) in [6, 6.07) is 16.0. The van der Waals surface area contributed by atoms with Gasteiger partial charge in [-0.05, 0) is 31.2 Å². The molecule has 0 fully saturated rings. The van der Waals surface area contributed by atoms with E-state index in [9.17, 15) is 0 Å². The van der Waals surface area contributed by atoms with E-state index in [0.29, 0.717) is 6.54 Å². The summed E-state index contributed by atoms with van der Waals surface area (Å²) in [4.78, 5) is 0. The molecule has 0 aliphatic rings. The first-order valence-corrected chi connectivity index (χ1v) is 6.68. The van der Waals surface area contributed by atoms with Crippen LogP contribution in [0.15, 0.2) is 52.9 Å². The van der Waals surface area contributed by atoms with Crippen molar-refractivity contribution in [3.63, 3.8) is 0 Å². The largest absolute Gasteiger partial charge is 0.497 e. The van der Waals surface area contributed by atoms with Gasteiger partial charge in [0, 0.05) is 16.5 Å². The second kappa shape index (κ2) is 6.66. The van der Waals surface area contributed by atoms with E-state index < -0.39 is 0 Å². The van der Waals surface area contributed by atoms with Gasteiger partial charge in [0.05, 0.1) is 7.11 Å². The minimum Gasteiger partial charge on any atom is -0.497 e. The molecule has 0 unspecified atom stereocenters. The predicted octanol–water partition coefficient (Wildman–Crippen LogP) is 4.03. The van der Waals surface area contributed by atoms with Crippen molar-refractivity contribution in [3.05, 3.63) is 54.1 Å². The van der Waals surface area contributed by atoms with Crippen LogP contribution < -0.4 is 10.5 Å². The zero-order chi connectivity index (χ0) is 13.9. The summed E-state index contributed by atoms with van der Waals surface area (Å²) in [5.74, 6) is 1.73. The normalized spacial score (nSPS) is 10.4. The first kappa shape index (κ1) is 15.4. The number of nitrogens with two attached hydrogens (primary N) is 1. The standard InChI is InChI=1S/C17H17NO2.ClH/c1-19-13-7-8-16-15(11-13)14(9-10-18)17(20-16)12-5-3-2-4-6-12;/h2-8,11H,9-10,18H2,1H3;1H. The molecule has 0 atom stereocenters. The van der Waals surface area contributed by atoms with E-state index in [2.05, 4.69) is 12.1 Å².